The van der Waals surface area contributed by atoms with E-state index >= 15 is 0 Å². The Balaban J connectivity index is 1.76. The zero-order chi connectivity index (χ0) is 17.1. The maximum absolute atomic E-state index is 12.4. The van der Waals surface area contributed by atoms with Crippen LogP contribution in [-0.4, -0.2) is 22.7 Å². The van der Waals surface area contributed by atoms with E-state index in [2.05, 4.69) is 21.2 Å². The maximum Gasteiger partial charge on any atom is 0.285 e. The quantitative estimate of drug-likeness (QED) is 0.624. The van der Waals surface area contributed by atoms with E-state index in [1.54, 1.807) is 11.4 Å². The van der Waals surface area contributed by atoms with Crippen LogP contribution in [0.3, 0.4) is 0 Å². The van der Waals surface area contributed by atoms with Crippen molar-refractivity contribution in [3.05, 3.63) is 46.3 Å². The molecular weight excluding hydrogens is 348 g/mol. The van der Waals surface area contributed by atoms with Gasteiger partial charge in [-0.05, 0) is 23.6 Å². The van der Waals surface area contributed by atoms with Gasteiger partial charge in [-0.15, -0.1) is 22.7 Å². The number of amides is 3. The van der Waals surface area contributed by atoms with Gasteiger partial charge in [-0.2, -0.15) is 0 Å². The van der Waals surface area contributed by atoms with Gasteiger partial charge in [-0.1, -0.05) is 12.1 Å². The minimum atomic E-state index is -0.508. The predicted molar refractivity (Wildman–Crippen MR) is 93.2 cm³/mol. The first-order valence-electron chi connectivity index (χ1n) is 6.86. The highest BCUT2D eigenvalue weighted by molar-refractivity contribution is 7.20. The SMILES string of the molecule is CC(=O)NNC(=O)c1ccsc1NC(=O)c1nc2ccccc2s1. The summed E-state index contributed by atoms with van der Waals surface area (Å²) in [5.41, 5.74) is 5.49. The van der Waals surface area contributed by atoms with E-state index in [0.717, 1.165) is 10.2 Å². The summed E-state index contributed by atoms with van der Waals surface area (Å²) in [5.74, 6) is -1.28. The summed E-state index contributed by atoms with van der Waals surface area (Å²) < 4.78 is 0.914. The second kappa shape index (κ2) is 6.77. The Hall–Kier alpha value is -2.78. The molecule has 0 unspecified atom stereocenters. The molecule has 3 rings (SSSR count). The zero-order valence-electron chi connectivity index (χ0n) is 12.5. The molecule has 0 aliphatic rings. The molecule has 0 radical (unpaired) electrons. The largest absolute Gasteiger partial charge is 0.311 e. The number of hydrogen-bond acceptors (Lipinski definition) is 6. The molecule has 122 valence electrons. The van der Waals surface area contributed by atoms with Gasteiger partial charge in [0.15, 0.2) is 5.01 Å². The maximum atomic E-state index is 12.4. The summed E-state index contributed by atoms with van der Waals surface area (Å²) in [6.45, 7) is 1.28. The fraction of sp³-hybridized carbons (Fsp3) is 0.0667. The summed E-state index contributed by atoms with van der Waals surface area (Å²) in [6, 6.07) is 9.02. The highest BCUT2D eigenvalue weighted by atomic mass is 32.1. The van der Waals surface area contributed by atoms with Gasteiger partial charge >= 0.3 is 0 Å². The van der Waals surface area contributed by atoms with Crippen LogP contribution < -0.4 is 16.2 Å². The van der Waals surface area contributed by atoms with Crippen molar-refractivity contribution in [1.82, 2.24) is 15.8 Å². The molecule has 24 heavy (non-hydrogen) atoms. The summed E-state index contributed by atoms with van der Waals surface area (Å²) in [7, 11) is 0. The summed E-state index contributed by atoms with van der Waals surface area (Å²) in [5, 5.41) is 5.08. The first kappa shape index (κ1) is 16.1. The third kappa shape index (κ3) is 3.42. The topological polar surface area (TPSA) is 100 Å². The molecule has 0 atom stereocenters. The molecule has 3 N–H and O–H groups in total. The van der Waals surface area contributed by atoms with Gasteiger partial charge in [0.25, 0.3) is 11.8 Å². The van der Waals surface area contributed by atoms with Gasteiger partial charge in [-0.25, -0.2) is 4.98 Å². The Bertz CT molecular complexity index is 899. The number of hydrogen-bond donors (Lipinski definition) is 3. The van der Waals surface area contributed by atoms with Crippen molar-refractivity contribution in [1.29, 1.82) is 0 Å². The minimum Gasteiger partial charge on any atom is -0.311 e. The first-order chi connectivity index (χ1) is 11.5. The Kier molecular flexibility index (Phi) is 4.54. The number of thiazole rings is 1. The monoisotopic (exact) mass is 360 g/mol. The van der Waals surface area contributed by atoms with Crippen LogP contribution in [0.15, 0.2) is 35.7 Å². The number of carbonyl (C=O) groups excluding carboxylic acids is 3. The van der Waals surface area contributed by atoms with Gasteiger partial charge in [0.05, 0.1) is 15.8 Å². The van der Waals surface area contributed by atoms with Gasteiger partial charge in [0.2, 0.25) is 5.91 Å². The molecule has 0 aliphatic heterocycles. The van der Waals surface area contributed by atoms with E-state index in [0.29, 0.717) is 10.0 Å². The number of anilines is 1. The number of fused-ring (bicyclic) bond motifs is 1. The minimum absolute atomic E-state index is 0.267. The standard InChI is InChI=1S/C15H12N4O3S2/c1-8(20)18-19-12(21)9-6-7-23-14(9)17-13(22)15-16-10-4-2-3-5-11(10)24-15/h2-7H,1H3,(H,17,22)(H,18,20)(H,19,21). The zero-order valence-corrected chi connectivity index (χ0v) is 14.1. The number of para-hydroxylation sites is 1. The molecule has 0 aliphatic carbocycles. The van der Waals surface area contributed by atoms with Crippen LogP contribution in [0.25, 0.3) is 10.2 Å². The Morgan fingerprint density at radius 2 is 1.83 bits per heavy atom. The molecule has 3 amide bonds. The van der Waals surface area contributed by atoms with Gasteiger partial charge in [0.1, 0.15) is 5.00 Å². The highest BCUT2D eigenvalue weighted by Crippen LogP contribution is 2.26. The second-order valence-electron chi connectivity index (χ2n) is 4.74. The average Bonchev–Trinajstić information content (AvgIpc) is 3.18. The molecule has 0 saturated carbocycles. The Labute approximate surface area is 144 Å². The van der Waals surface area contributed by atoms with Crippen molar-refractivity contribution in [3.8, 4) is 0 Å². The van der Waals surface area contributed by atoms with Crippen LogP contribution in [0.2, 0.25) is 0 Å². The normalized spacial score (nSPS) is 10.4. The van der Waals surface area contributed by atoms with Crippen molar-refractivity contribution < 1.29 is 14.4 Å². The Morgan fingerprint density at radius 1 is 1.04 bits per heavy atom. The van der Waals surface area contributed by atoms with Crippen molar-refractivity contribution in [2.45, 2.75) is 6.92 Å². The smallest absolute Gasteiger partial charge is 0.285 e. The van der Waals surface area contributed by atoms with Crippen molar-refractivity contribution >= 4 is 55.6 Å². The molecule has 3 aromatic rings. The lowest BCUT2D eigenvalue weighted by Crippen LogP contribution is -2.40. The number of rotatable bonds is 3. The summed E-state index contributed by atoms with van der Waals surface area (Å²) in [6.07, 6.45) is 0. The molecule has 9 heteroatoms. The fourth-order valence-electron chi connectivity index (χ4n) is 1.92. The van der Waals surface area contributed by atoms with Crippen LogP contribution in [0.1, 0.15) is 27.1 Å². The van der Waals surface area contributed by atoms with Gasteiger partial charge in [0, 0.05) is 6.92 Å². The molecule has 0 bridgehead atoms. The second-order valence-corrected chi connectivity index (χ2v) is 6.69. The molecule has 0 spiro atoms. The lowest BCUT2D eigenvalue weighted by molar-refractivity contribution is -0.119. The van der Waals surface area contributed by atoms with E-state index in [1.807, 2.05) is 24.3 Å². The van der Waals surface area contributed by atoms with Crippen molar-refractivity contribution in [3.63, 3.8) is 0 Å². The third-order valence-electron chi connectivity index (χ3n) is 2.98. The van der Waals surface area contributed by atoms with Gasteiger partial charge in [-0.3, -0.25) is 25.2 Å². The molecule has 2 heterocycles. The molecule has 0 fully saturated rings. The summed E-state index contributed by atoms with van der Waals surface area (Å²) >= 11 is 2.49. The molecule has 1 aromatic carbocycles. The van der Waals surface area contributed by atoms with Crippen LogP contribution >= 0.6 is 22.7 Å². The lowest BCUT2D eigenvalue weighted by atomic mass is 10.3. The molecule has 2 aromatic heterocycles. The van der Waals surface area contributed by atoms with E-state index in [4.69, 9.17) is 0 Å². The van der Waals surface area contributed by atoms with Crippen LogP contribution in [0, 0.1) is 0 Å². The van der Waals surface area contributed by atoms with Crippen LogP contribution in [-0.2, 0) is 4.79 Å². The highest BCUT2D eigenvalue weighted by Gasteiger charge is 2.18. The van der Waals surface area contributed by atoms with E-state index in [1.165, 1.54) is 29.6 Å². The average molecular weight is 360 g/mol. The van der Waals surface area contributed by atoms with E-state index < -0.39 is 11.8 Å². The van der Waals surface area contributed by atoms with Gasteiger partial charge < -0.3 is 5.32 Å². The van der Waals surface area contributed by atoms with E-state index in [-0.39, 0.29) is 11.5 Å². The number of benzene rings is 1. The number of nitrogens with zero attached hydrogens (tertiary/aromatic N) is 1. The van der Waals surface area contributed by atoms with Crippen LogP contribution in [0.4, 0.5) is 5.00 Å². The number of aromatic nitrogens is 1. The number of thiophene rings is 1. The van der Waals surface area contributed by atoms with Crippen LogP contribution in [0.5, 0.6) is 0 Å². The Morgan fingerprint density at radius 3 is 2.58 bits per heavy atom. The predicted octanol–water partition coefficient (Wildman–Crippen LogP) is 2.39. The number of hydrazine groups is 1. The first-order valence-corrected chi connectivity index (χ1v) is 8.55. The molecular formula is C15H12N4O3S2. The van der Waals surface area contributed by atoms with E-state index in [9.17, 15) is 14.4 Å². The lowest BCUT2D eigenvalue weighted by Gasteiger charge is -2.06. The third-order valence-corrected chi connectivity index (χ3v) is 4.84. The molecule has 7 nitrogen and oxygen atoms in total. The summed E-state index contributed by atoms with van der Waals surface area (Å²) in [4.78, 5) is 39.5. The van der Waals surface area contributed by atoms with Crippen molar-refractivity contribution in [2.24, 2.45) is 0 Å². The molecule has 0 saturated heterocycles. The number of carbonyl (C=O) groups is 3. The fourth-order valence-corrected chi connectivity index (χ4v) is 3.56. The number of nitrogens with one attached hydrogen (secondary N) is 3. The van der Waals surface area contributed by atoms with Crippen molar-refractivity contribution in [2.75, 3.05) is 5.32 Å².